The molecule has 0 unspecified atom stereocenters. The van der Waals surface area contributed by atoms with E-state index in [0.29, 0.717) is 10.5 Å². The summed E-state index contributed by atoms with van der Waals surface area (Å²) in [5.74, 6) is -2.60. The van der Waals surface area contributed by atoms with Crippen LogP contribution in [0.3, 0.4) is 0 Å². The Kier molecular flexibility index (Phi) is 4.60. The van der Waals surface area contributed by atoms with Gasteiger partial charge in [-0.25, -0.2) is 18.0 Å². The van der Waals surface area contributed by atoms with E-state index in [9.17, 15) is 27.9 Å². The molecule has 0 aliphatic carbocycles. The predicted octanol–water partition coefficient (Wildman–Crippen LogP) is 0.169. The number of sulfone groups is 1. The average molecular weight is 354 g/mol. The van der Waals surface area contributed by atoms with Crippen molar-refractivity contribution >= 4 is 33.9 Å². The van der Waals surface area contributed by atoms with Crippen LogP contribution in [0.15, 0.2) is 34.2 Å². The van der Waals surface area contributed by atoms with E-state index in [4.69, 9.17) is 5.73 Å². The number of primary amides is 1. The molecule has 0 saturated heterocycles. The molecule has 0 fully saturated rings. The largest absolute Gasteiger partial charge is 0.480 e. The van der Waals surface area contributed by atoms with Gasteiger partial charge in [0.05, 0.1) is 18.4 Å². The van der Waals surface area contributed by atoms with Crippen molar-refractivity contribution in [1.82, 2.24) is 4.90 Å². The molecule has 24 heavy (non-hydrogen) atoms. The molecule has 9 nitrogen and oxygen atoms in total. The van der Waals surface area contributed by atoms with Crippen molar-refractivity contribution in [2.24, 2.45) is 5.73 Å². The van der Waals surface area contributed by atoms with Gasteiger partial charge in [0.1, 0.15) is 11.1 Å². The third-order valence-corrected chi connectivity index (χ3v) is 5.18. The number of hydrogen-bond donors (Lipinski definition) is 2. The van der Waals surface area contributed by atoms with E-state index in [0.717, 1.165) is 13.2 Å². The molecule has 0 saturated carbocycles. The van der Waals surface area contributed by atoms with Crippen LogP contribution >= 0.6 is 0 Å². The maximum Gasteiger partial charge on any atom is 0.415 e. The van der Waals surface area contributed by atoms with Crippen molar-refractivity contribution < 1.29 is 32.6 Å². The predicted molar refractivity (Wildman–Crippen MR) is 81.1 cm³/mol. The number of benzene rings is 1. The zero-order valence-corrected chi connectivity index (χ0v) is 13.3. The molecule has 0 bridgehead atoms. The fourth-order valence-electron chi connectivity index (χ4n) is 2.32. The maximum atomic E-state index is 12.6. The summed E-state index contributed by atoms with van der Waals surface area (Å²) >= 11 is 0. The van der Waals surface area contributed by atoms with Crippen molar-refractivity contribution in [1.29, 1.82) is 0 Å². The summed E-state index contributed by atoms with van der Waals surface area (Å²) < 4.78 is 29.8. The SMILES string of the molecule is COC(=O)N(C1=Cc2ccccc2S1(=O)=O)[C@@H](CC(N)=O)C(=O)O. The summed E-state index contributed by atoms with van der Waals surface area (Å²) in [6.45, 7) is 0. The number of rotatable bonds is 5. The average Bonchev–Trinajstić information content (AvgIpc) is 2.78. The highest BCUT2D eigenvalue weighted by Crippen LogP contribution is 2.36. The quantitative estimate of drug-likeness (QED) is 0.766. The van der Waals surface area contributed by atoms with Gasteiger partial charge in [-0.15, -0.1) is 0 Å². The molecule has 128 valence electrons. The van der Waals surface area contributed by atoms with Crippen molar-refractivity contribution in [2.75, 3.05) is 7.11 Å². The summed E-state index contributed by atoms with van der Waals surface area (Å²) in [4.78, 5) is 35.0. The number of carbonyl (C=O) groups is 3. The zero-order valence-electron chi connectivity index (χ0n) is 12.5. The minimum Gasteiger partial charge on any atom is -0.480 e. The number of hydrogen-bond acceptors (Lipinski definition) is 6. The number of methoxy groups -OCH3 is 1. The van der Waals surface area contributed by atoms with E-state index < -0.39 is 45.3 Å². The van der Waals surface area contributed by atoms with Crippen LogP contribution in [0.25, 0.3) is 6.08 Å². The summed E-state index contributed by atoms with van der Waals surface area (Å²) in [6.07, 6.45) is -0.849. The van der Waals surface area contributed by atoms with Crippen LogP contribution in [-0.4, -0.2) is 49.5 Å². The van der Waals surface area contributed by atoms with E-state index >= 15 is 0 Å². The van der Waals surface area contributed by atoms with Gasteiger partial charge in [0, 0.05) is 0 Å². The highest BCUT2D eigenvalue weighted by Gasteiger charge is 2.43. The van der Waals surface area contributed by atoms with Crippen LogP contribution in [0.2, 0.25) is 0 Å². The topological polar surface area (TPSA) is 144 Å². The Bertz CT molecular complexity index is 844. The molecular formula is C14H14N2O7S. The molecule has 3 N–H and O–H groups in total. The lowest BCUT2D eigenvalue weighted by Crippen LogP contribution is -2.47. The standard InChI is InChI=1S/C14H14N2O7S/c1-23-14(20)16(9(13(18)19)7-11(15)17)12-6-8-4-2-3-5-10(8)24(12,21)22/h2-6,9H,7H2,1H3,(H2,15,17)(H,18,19)/t9-/m0/s1. The lowest BCUT2D eigenvalue weighted by Gasteiger charge is -2.27. The summed E-state index contributed by atoms with van der Waals surface area (Å²) in [5.41, 5.74) is 5.31. The highest BCUT2D eigenvalue weighted by atomic mass is 32.2. The first-order chi connectivity index (χ1) is 11.2. The number of carboxylic acid groups (broad SMARTS) is 1. The number of carboxylic acids is 1. The Morgan fingerprint density at radius 3 is 2.42 bits per heavy atom. The van der Waals surface area contributed by atoms with Gasteiger partial charge < -0.3 is 15.6 Å². The van der Waals surface area contributed by atoms with Crippen LogP contribution < -0.4 is 5.73 Å². The van der Waals surface area contributed by atoms with Crippen molar-refractivity contribution in [2.45, 2.75) is 17.4 Å². The lowest BCUT2D eigenvalue weighted by molar-refractivity contribution is -0.143. The molecule has 0 aromatic heterocycles. The minimum absolute atomic E-state index is 0.0721. The van der Waals surface area contributed by atoms with Gasteiger partial charge in [0.2, 0.25) is 15.7 Å². The van der Waals surface area contributed by atoms with Crippen LogP contribution in [0.4, 0.5) is 4.79 Å². The van der Waals surface area contributed by atoms with E-state index in [2.05, 4.69) is 4.74 Å². The third-order valence-electron chi connectivity index (χ3n) is 3.36. The van der Waals surface area contributed by atoms with Crippen LogP contribution in [0, 0.1) is 0 Å². The fourth-order valence-corrected chi connectivity index (χ4v) is 3.98. The van der Waals surface area contributed by atoms with Gasteiger partial charge in [-0.2, -0.15) is 0 Å². The lowest BCUT2D eigenvalue weighted by atomic mass is 10.1. The molecule has 0 spiro atoms. The molecule has 1 aromatic carbocycles. The Morgan fingerprint density at radius 2 is 1.92 bits per heavy atom. The number of nitrogens with zero attached hydrogens (tertiary/aromatic N) is 1. The third kappa shape index (κ3) is 2.95. The Hall–Kier alpha value is -2.88. The first kappa shape index (κ1) is 17.5. The van der Waals surface area contributed by atoms with E-state index in [-0.39, 0.29) is 4.90 Å². The van der Waals surface area contributed by atoms with Gasteiger partial charge in [-0.3, -0.25) is 9.69 Å². The number of ether oxygens (including phenoxy) is 1. The monoisotopic (exact) mass is 354 g/mol. The molecule has 10 heteroatoms. The van der Waals surface area contributed by atoms with Gasteiger partial charge in [-0.1, -0.05) is 18.2 Å². The molecular weight excluding hydrogens is 340 g/mol. The van der Waals surface area contributed by atoms with Crippen molar-refractivity contribution in [3.63, 3.8) is 0 Å². The van der Waals surface area contributed by atoms with Crippen molar-refractivity contribution in [3.8, 4) is 0 Å². The van der Waals surface area contributed by atoms with Crippen LogP contribution in [0.5, 0.6) is 0 Å². The van der Waals surface area contributed by atoms with E-state index in [1.165, 1.54) is 18.2 Å². The van der Waals surface area contributed by atoms with E-state index in [1.54, 1.807) is 6.07 Å². The molecule has 1 aromatic rings. The second-order valence-corrected chi connectivity index (χ2v) is 6.75. The van der Waals surface area contributed by atoms with Gasteiger partial charge in [0.15, 0.2) is 0 Å². The second-order valence-electron chi connectivity index (χ2n) is 4.89. The van der Waals surface area contributed by atoms with Crippen LogP contribution in [-0.2, 0) is 24.2 Å². The Balaban J connectivity index is 2.60. The molecule has 1 heterocycles. The maximum absolute atomic E-state index is 12.6. The summed E-state index contributed by atoms with van der Waals surface area (Å²) in [7, 11) is -3.18. The highest BCUT2D eigenvalue weighted by molar-refractivity contribution is 7.95. The van der Waals surface area contributed by atoms with Crippen LogP contribution in [0.1, 0.15) is 12.0 Å². The summed E-state index contributed by atoms with van der Waals surface area (Å²) in [5, 5.41) is 8.73. The molecule has 1 aliphatic heterocycles. The first-order valence-corrected chi connectivity index (χ1v) is 8.12. The smallest absolute Gasteiger partial charge is 0.415 e. The number of aliphatic carboxylic acids is 1. The minimum atomic E-state index is -4.14. The number of nitrogens with two attached hydrogens (primary N) is 1. The van der Waals surface area contributed by atoms with E-state index in [1.807, 2.05) is 0 Å². The normalized spacial score (nSPS) is 15.8. The number of fused-ring (bicyclic) bond motifs is 1. The number of amides is 2. The van der Waals surface area contributed by atoms with Gasteiger partial charge >= 0.3 is 12.1 Å². The molecule has 1 atom stereocenters. The molecule has 2 rings (SSSR count). The molecule has 1 aliphatic rings. The van der Waals surface area contributed by atoms with Gasteiger partial charge in [0.25, 0.3) is 0 Å². The zero-order chi connectivity index (χ0) is 18.1. The molecule has 2 amide bonds. The number of carbonyl (C=O) groups excluding carboxylic acids is 2. The van der Waals surface area contributed by atoms with Gasteiger partial charge in [-0.05, 0) is 17.7 Å². The fraction of sp³-hybridized carbons (Fsp3) is 0.214. The first-order valence-electron chi connectivity index (χ1n) is 6.64. The Labute approximate surface area is 137 Å². The molecule has 0 radical (unpaired) electrons. The second kappa shape index (κ2) is 6.32. The summed E-state index contributed by atoms with van der Waals surface area (Å²) in [6, 6.07) is 4.10. The Morgan fingerprint density at radius 1 is 1.29 bits per heavy atom. The van der Waals surface area contributed by atoms with Crippen molar-refractivity contribution in [3.05, 3.63) is 34.9 Å².